The zero-order chi connectivity index (χ0) is 18.8. The average molecular weight is 357 g/mol. The van der Waals surface area contributed by atoms with Gasteiger partial charge in [-0.2, -0.15) is 0 Å². The van der Waals surface area contributed by atoms with E-state index in [0.29, 0.717) is 18.0 Å². The van der Waals surface area contributed by atoms with Gasteiger partial charge >= 0.3 is 5.97 Å². The van der Waals surface area contributed by atoms with Gasteiger partial charge in [-0.1, -0.05) is 42.0 Å². The van der Waals surface area contributed by atoms with Crippen LogP contribution in [0.25, 0.3) is 0 Å². The molecule has 0 saturated heterocycles. The zero-order valence-electron chi connectivity index (χ0n) is 15.0. The van der Waals surface area contributed by atoms with Crippen LogP contribution in [0.3, 0.4) is 0 Å². The van der Waals surface area contributed by atoms with E-state index in [-0.39, 0.29) is 25.5 Å². The Balaban J connectivity index is 1.62. The first-order valence-corrected chi connectivity index (χ1v) is 8.32. The van der Waals surface area contributed by atoms with E-state index < -0.39 is 5.97 Å². The summed E-state index contributed by atoms with van der Waals surface area (Å²) in [5.74, 6) is 0.429. The maximum atomic E-state index is 11.7. The van der Waals surface area contributed by atoms with Crippen LogP contribution < -0.4 is 14.8 Å². The van der Waals surface area contributed by atoms with Gasteiger partial charge in [-0.15, -0.1) is 0 Å². The van der Waals surface area contributed by atoms with E-state index in [4.69, 9.17) is 14.2 Å². The molecule has 0 atom stereocenters. The molecule has 6 nitrogen and oxygen atoms in total. The number of aryl methyl sites for hydroxylation is 1. The van der Waals surface area contributed by atoms with E-state index >= 15 is 0 Å². The topological polar surface area (TPSA) is 73.9 Å². The van der Waals surface area contributed by atoms with E-state index in [1.54, 1.807) is 19.2 Å². The molecule has 0 fully saturated rings. The van der Waals surface area contributed by atoms with Gasteiger partial charge in [-0.3, -0.25) is 9.59 Å². The van der Waals surface area contributed by atoms with Crippen molar-refractivity contribution < 1.29 is 23.8 Å². The van der Waals surface area contributed by atoms with Crippen molar-refractivity contribution in [2.75, 3.05) is 26.9 Å². The van der Waals surface area contributed by atoms with Crippen LogP contribution in [0.15, 0.2) is 48.5 Å². The number of nitrogens with one attached hydrogen (secondary N) is 1. The molecule has 0 aliphatic rings. The van der Waals surface area contributed by atoms with E-state index in [1.165, 1.54) is 0 Å². The predicted molar refractivity (Wildman–Crippen MR) is 97.3 cm³/mol. The third-order valence-corrected chi connectivity index (χ3v) is 3.58. The molecule has 0 saturated carbocycles. The van der Waals surface area contributed by atoms with Crippen molar-refractivity contribution in [3.8, 4) is 11.5 Å². The Kier molecular flexibility index (Phi) is 7.49. The molecular formula is C20H23NO5. The van der Waals surface area contributed by atoms with Gasteiger partial charge in [0.1, 0.15) is 6.61 Å². The van der Waals surface area contributed by atoms with Gasteiger partial charge in [0.15, 0.2) is 18.1 Å². The van der Waals surface area contributed by atoms with Gasteiger partial charge in [-0.05, 0) is 24.6 Å². The van der Waals surface area contributed by atoms with Crippen LogP contribution in [0.4, 0.5) is 0 Å². The fourth-order valence-corrected chi connectivity index (χ4v) is 2.21. The summed E-state index contributed by atoms with van der Waals surface area (Å²) in [6.45, 7) is 2.25. The third kappa shape index (κ3) is 6.47. The highest BCUT2D eigenvalue weighted by Gasteiger charge is 2.09. The van der Waals surface area contributed by atoms with Crippen molar-refractivity contribution in [1.82, 2.24) is 5.32 Å². The number of hydrogen-bond donors (Lipinski definition) is 1. The van der Waals surface area contributed by atoms with Gasteiger partial charge in [0, 0.05) is 0 Å². The van der Waals surface area contributed by atoms with Crippen LogP contribution in [0.2, 0.25) is 0 Å². The van der Waals surface area contributed by atoms with Gasteiger partial charge in [0.2, 0.25) is 0 Å². The number of amides is 1. The second kappa shape index (κ2) is 10.1. The van der Waals surface area contributed by atoms with Crippen LogP contribution in [-0.4, -0.2) is 38.7 Å². The zero-order valence-corrected chi connectivity index (χ0v) is 15.0. The summed E-state index contributed by atoms with van der Waals surface area (Å²) < 4.78 is 15.7. The Hall–Kier alpha value is -3.02. The minimum atomic E-state index is -0.436. The van der Waals surface area contributed by atoms with Crippen LogP contribution >= 0.6 is 0 Å². The lowest BCUT2D eigenvalue weighted by Crippen LogP contribution is -2.32. The second-order valence-corrected chi connectivity index (χ2v) is 5.67. The Morgan fingerprint density at radius 2 is 1.69 bits per heavy atom. The maximum absolute atomic E-state index is 11.7. The van der Waals surface area contributed by atoms with Gasteiger partial charge in [0.25, 0.3) is 5.91 Å². The van der Waals surface area contributed by atoms with Gasteiger partial charge in [-0.25, -0.2) is 0 Å². The molecule has 26 heavy (non-hydrogen) atoms. The summed E-state index contributed by atoms with van der Waals surface area (Å²) in [6, 6.07) is 14.9. The van der Waals surface area contributed by atoms with Crippen LogP contribution in [-0.2, 0) is 20.7 Å². The highest BCUT2D eigenvalue weighted by molar-refractivity contribution is 5.81. The summed E-state index contributed by atoms with van der Waals surface area (Å²) in [5, 5.41) is 2.64. The fourth-order valence-electron chi connectivity index (χ4n) is 2.21. The Labute approximate surface area is 153 Å². The van der Waals surface area contributed by atoms with Crippen LogP contribution in [0.1, 0.15) is 11.1 Å². The number of methoxy groups -OCH3 is 1. The molecule has 1 N–H and O–H groups in total. The molecule has 1 amide bonds. The molecule has 6 heteroatoms. The van der Waals surface area contributed by atoms with Crippen molar-refractivity contribution in [2.24, 2.45) is 0 Å². The third-order valence-electron chi connectivity index (χ3n) is 3.58. The summed E-state index contributed by atoms with van der Waals surface area (Å²) in [6.07, 6.45) is 0.143. The van der Waals surface area contributed by atoms with E-state index in [1.807, 2.05) is 43.3 Å². The van der Waals surface area contributed by atoms with Crippen LogP contribution in [0, 0.1) is 6.92 Å². The predicted octanol–water partition coefficient (Wildman–Crippen LogP) is 2.28. The number of rotatable bonds is 9. The number of para-hydroxylation sites is 2. The highest BCUT2D eigenvalue weighted by atomic mass is 16.5. The minimum Gasteiger partial charge on any atom is -0.493 e. The quantitative estimate of drug-likeness (QED) is 0.551. The second-order valence-electron chi connectivity index (χ2n) is 5.67. The lowest BCUT2D eigenvalue weighted by atomic mass is 10.1. The Morgan fingerprint density at radius 1 is 1.00 bits per heavy atom. The molecule has 0 bridgehead atoms. The van der Waals surface area contributed by atoms with E-state index in [9.17, 15) is 9.59 Å². The molecule has 2 aromatic carbocycles. The smallest absolute Gasteiger partial charge is 0.310 e. The van der Waals surface area contributed by atoms with Crippen molar-refractivity contribution in [2.45, 2.75) is 13.3 Å². The molecule has 0 unspecified atom stereocenters. The molecule has 0 aliphatic heterocycles. The van der Waals surface area contributed by atoms with Gasteiger partial charge < -0.3 is 19.5 Å². The average Bonchev–Trinajstić information content (AvgIpc) is 2.65. The molecule has 2 aromatic rings. The molecule has 0 spiro atoms. The first-order valence-electron chi connectivity index (χ1n) is 8.32. The Morgan fingerprint density at radius 3 is 2.38 bits per heavy atom. The monoisotopic (exact) mass is 357 g/mol. The van der Waals surface area contributed by atoms with E-state index in [0.717, 1.165) is 11.1 Å². The Bertz CT molecular complexity index is 727. The van der Waals surface area contributed by atoms with Crippen LogP contribution in [0.5, 0.6) is 11.5 Å². The van der Waals surface area contributed by atoms with E-state index in [2.05, 4.69) is 5.32 Å². The SMILES string of the molecule is COc1ccccc1OCCNC(=O)COC(=O)Cc1ccc(C)cc1. The minimum absolute atomic E-state index is 0.143. The number of benzene rings is 2. The fraction of sp³-hybridized carbons (Fsp3) is 0.300. The van der Waals surface area contributed by atoms with Crippen molar-refractivity contribution in [3.63, 3.8) is 0 Å². The van der Waals surface area contributed by atoms with Crippen molar-refractivity contribution in [1.29, 1.82) is 0 Å². The molecule has 0 heterocycles. The molecule has 0 radical (unpaired) electrons. The number of esters is 1. The normalized spacial score (nSPS) is 10.1. The summed E-state index contributed by atoms with van der Waals surface area (Å²) in [4.78, 5) is 23.5. The lowest BCUT2D eigenvalue weighted by Gasteiger charge is -2.11. The molecule has 2 rings (SSSR count). The van der Waals surface area contributed by atoms with Crippen molar-refractivity contribution >= 4 is 11.9 Å². The number of carbonyl (C=O) groups is 2. The number of hydrogen-bond acceptors (Lipinski definition) is 5. The number of carbonyl (C=O) groups excluding carboxylic acids is 2. The lowest BCUT2D eigenvalue weighted by molar-refractivity contribution is -0.147. The van der Waals surface area contributed by atoms with Gasteiger partial charge in [0.05, 0.1) is 20.1 Å². The first kappa shape index (κ1) is 19.3. The standard InChI is InChI=1S/C20H23NO5/c1-15-7-9-16(10-8-15)13-20(23)26-14-19(22)21-11-12-25-18-6-4-3-5-17(18)24-2/h3-10H,11-14H2,1-2H3,(H,21,22). The van der Waals surface area contributed by atoms with Crippen molar-refractivity contribution in [3.05, 3.63) is 59.7 Å². The maximum Gasteiger partial charge on any atom is 0.310 e. The number of ether oxygens (including phenoxy) is 3. The largest absolute Gasteiger partial charge is 0.493 e. The molecule has 0 aromatic heterocycles. The summed E-state index contributed by atoms with van der Waals surface area (Å²) in [7, 11) is 1.56. The summed E-state index contributed by atoms with van der Waals surface area (Å²) >= 11 is 0. The first-order chi connectivity index (χ1) is 12.6. The summed E-state index contributed by atoms with van der Waals surface area (Å²) in [5.41, 5.74) is 1.98. The molecule has 0 aliphatic carbocycles. The molecular weight excluding hydrogens is 334 g/mol. The molecule has 138 valence electrons. The highest BCUT2D eigenvalue weighted by Crippen LogP contribution is 2.25.